The van der Waals surface area contributed by atoms with Crippen molar-refractivity contribution in [2.75, 3.05) is 7.11 Å². The summed E-state index contributed by atoms with van der Waals surface area (Å²) in [5.74, 6) is -1.08. The van der Waals surface area contributed by atoms with E-state index in [0.29, 0.717) is 18.8 Å². The van der Waals surface area contributed by atoms with Crippen molar-refractivity contribution in [3.63, 3.8) is 0 Å². The van der Waals surface area contributed by atoms with Gasteiger partial charge in [-0.25, -0.2) is 0 Å². The number of nitrogens with one attached hydrogen (secondary N) is 1. The minimum Gasteiger partial charge on any atom is -0.468 e. The van der Waals surface area contributed by atoms with Crippen LogP contribution in [0, 0.1) is 23.2 Å². The van der Waals surface area contributed by atoms with Crippen LogP contribution in [0.2, 0.25) is 0 Å². The van der Waals surface area contributed by atoms with Gasteiger partial charge in [-0.15, -0.1) is 11.3 Å². The molecule has 1 aliphatic carbocycles. The lowest BCUT2D eigenvalue weighted by Crippen LogP contribution is -2.61. The van der Waals surface area contributed by atoms with Crippen molar-refractivity contribution < 1.29 is 23.9 Å². The van der Waals surface area contributed by atoms with E-state index in [0.717, 1.165) is 34.1 Å². The summed E-state index contributed by atoms with van der Waals surface area (Å²) < 4.78 is 12.2. The Balaban J connectivity index is 1.42. The van der Waals surface area contributed by atoms with Gasteiger partial charge in [0.2, 0.25) is 11.8 Å². The second-order valence-corrected chi connectivity index (χ2v) is 13.2. The van der Waals surface area contributed by atoms with Gasteiger partial charge in [-0.1, -0.05) is 62.4 Å². The van der Waals surface area contributed by atoms with E-state index >= 15 is 0 Å². The maximum atomic E-state index is 14.4. The van der Waals surface area contributed by atoms with Gasteiger partial charge in [0.1, 0.15) is 5.41 Å². The summed E-state index contributed by atoms with van der Waals surface area (Å²) in [5.41, 5.74) is 0.488. The first-order valence-electron chi connectivity index (χ1n) is 14.8. The molecule has 0 spiro atoms. The second kappa shape index (κ2) is 11.7. The van der Waals surface area contributed by atoms with E-state index in [9.17, 15) is 14.4 Å². The van der Waals surface area contributed by atoms with Crippen molar-refractivity contribution in [2.45, 2.75) is 64.8 Å². The Kier molecular flexibility index (Phi) is 7.94. The third kappa shape index (κ3) is 5.26. The minimum atomic E-state index is -1.17. The Labute approximate surface area is 250 Å². The zero-order chi connectivity index (χ0) is 29.4. The highest BCUT2D eigenvalue weighted by molar-refractivity contribution is 7.09. The normalized spacial score (nSPS) is 25.7. The highest BCUT2D eigenvalue weighted by Gasteiger charge is 2.63. The van der Waals surface area contributed by atoms with Crippen molar-refractivity contribution in [3.8, 4) is 0 Å². The lowest BCUT2D eigenvalue weighted by Gasteiger charge is -2.53. The zero-order valence-electron chi connectivity index (χ0n) is 24.4. The van der Waals surface area contributed by atoms with Gasteiger partial charge in [0.25, 0.3) is 0 Å². The number of hydrogen-bond donors (Lipinski definition) is 1. The fourth-order valence-electron chi connectivity index (χ4n) is 6.71. The molecule has 7 nitrogen and oxygen atoms in total. The van der Waals surface area contributed by atoms with Gasteiger partial charge < -0.3 is 19.7 Å². The Morgan fingerprint density at radius 1 is 1.12 bits per heavy atom. The number of nitrogens with zero attached hydrogens (tertiary/aromatic N) is 1. The van der Waals surface area contributed by atoms with Crippen LogP contribution < -0.4 is 5.32 Å². The van der Waals surface area contributed by atoms with E-state index < -0.39 is 23.4 Å². The van der Waals surface area contributed by atoms with Gasteiger partial charge in [0.05, 0.1) is 32.4 Å². The largest absolute Gasteiger partial charge is 0.468 e. The fourth-order valence-corrected chi connectivity index (χ4v) is 7.35. The molecule has 6 rings (SSSR count). The number of carbonyl (C=O) groups excluding carboxylic acids is 3. The quantitative estimate of drug-likeness (QED) is 0.319. The first-order valence-corrected chi connectivity index (χ1v) is 15.7. The number of rotatable bonds is 9. The van der Waals surface area contributed by atoms with Gasteiger partial charge in [-0.3, -0.25) is 14.4 Å². The molecule has 220 valence electrons. The third-order valence-electron chi connectivity index (χ3n) is 8.98. The fraction of sp³-hybridized carbons (Fsp3) is 0.441. The van der Waals surface area contributed by atoms with E-state index in [1.165, 1.54) is 7.11 Å². The standard InChI is InChI=1S/C34H38N2O5S/c1-21(2)28-17-29-34(33(39)40-3,31(41-28)23-13-14-23)18-25(16-30(37)35-19-26-11-7-15-42-26)32(38)36(29)20-24-10-6-9-22-8-4-5-12-27(22)24/h4-12,15,17,21,23,25,28,31H,13-14,16,18-20H2,1-3H3,(H,35,37)/t25-,28+,31+,34+/m0/s1. The lowest BCUT2D eigenvalue weighted by atomic mass is 9.64. The first-order chi connectivity index (χ1) is 20.3. The van der Waals surface area contributed by atoms with Crippen LogP contribution in [0.4, 0.5) is 0 Å². The maximum absolute atomic E-state index is 14.4. The SMILES string of the molecule is COC(=O)[C@]12C[C@H](CC(=O)NCc3cccs3)C(=O)N(Cc3cccc4ccccc34)C1=C[C@H](C(C)C)O[C@@H]2C1CC1. The predicted octanol–water partition coefficient (Wildman–Crippen LogP) is 5.83. The van der Waals surface area contributed by atoms with Crippen molar-refractivity contribution in [3.05, 3.63) is 82.2 Å². The van der Waals surface area contributed by atoms with Crippen LogP contribution in [-0.4, -0.2) is 42.0 Å². The van der Waals surface area contributed by atoms with Gasteiger partial charge >= 0.3 is 5.97 Å². The Bertz CT molecular complexity index is 1510. The van der Waals surface area contributed by atoms with Crippen molar-refractivity contribution >= 4 is 39.9 Å². The van der Waals surface area contributed by atoms with Crippen molar-refractivity contribution in [2.24, 2.45) is 23.2 Å². The number of amides is 2. The molecule has 2 amide bonds. The summed E-state index contributed by atoms with van der Waals surface area (Å²) in [6.45, 7) is 4.89. The number of hydrogen-bond acceptors (Lipinski definition) is 6. The third-order valence-corrected chi connectivity index (χ3v) is 9.86. The summed E-state index contributed by atoms with van der Waals surface area (Å²) in [4.78, 5) is 44.5. The molecule has 3 aliphatic rings. The summed E-state index contributed by atoms with van der Waals surface area (Å²) in [5, 5.41) is 7.08. The molecule has 4 atom stereocenters. The Hall–Kier alpha value is -3.49. The van der Waals surface area contributed by atoms with Crippen LogP contribution >= 0.6 is 11.3 Å². The monoisotopic (exact) mass is 586 g/mol. The molecule has 42 heavy (non-hydrogen) atoms. The molecule has 1 N–H and O–H groups in total. The minimum absolute atomic E-state index is 0.00668. The topological polar surface area (TPSA) is 84.9 Å². The van der Waals surface area contributed by atoms with E-state index in [4.69, 9.17) is 9.47 Å². The molecule has 1 saturated heterocycles. The van der Waals surface area contributed by atoms with Crippen molar-refractivity contribution in [1.29, 1.82) is 0 Å². The first kappa shape index (κ1) is 28.6. The highest BCUT2D eigenvalue weighted by Crippen LogP contribution is 2.56. The maximum Gasteiger partial charge on any atom is 0.320 e. The molecule has 0 unspecified atom stereocenters. The van der Waals surface area contributed by atoms with Gasteiger partial charge in [0.15, 0.2) is 0 Å². The molecular formula is C34H38N2O5S. The number of thiophene rings is 1. The number of benzene rings is 2. The molecule has 0 bridgehead atoms. The molecule has 0 radical (unpaired) electrons. The lowest BCUT2D eigenvalue weighted by molar-refractivity contribution is -0.182. The van der Waals surface area contributed by atoms with Crippen LogP contribution in [0.1, 0.15) is 50.0 Å². The van der Waals surface area contributed by atoms with E-state index in [1.807, 2.05) is 47.9 Å². The average Bonchev–Trinajstić information content (AvgIpc) is 3.71. The van der Waals surface area contributed by atoms with Gasteiger partial charge in [-0.05, 0) is 65.0 Å². The van der Waals surface area contributed by atoms with Crippen LogP contribution in [0.25, 0.3) is 10.8 Å². The highest BCUT2D eigenvalue weighted by atomic mass is 32.1. The second-order valence-electron chi connectivity index (χ2n) is 12.1. The van der Waals surface area contributed by atoms with Crippen LogP contribution in [-0.2, 0) is 36.9 Å². The van der Waals surface area contributed by atoms with E-state index in [1.54, 1.807) is 16.2 Å². The molecule has 2 aromatic carbocycles. The molecule has 3 heterocycles. The molecule has 8 heteroatoms. The zero-order valence-corrected chi connectivity index (χ0v) is 25.2. The molecule has 1 aromatic heterocycles. The number of fused-ring (bicyclic) bond motifs is 2. The average molecular weight is 587 g/mol. The summed E-state index contributed by atoms with van der Waals surface area (Å²) in [7, 11) is 1.40. The number of methoxy groups -OCH3 is 1. The van der Waals surface area contributed by atoms with Crippen LogP contribution in [0.15, 0.2) is 71.8 Å². The van der Waals surface area contributed by atoms with Crippen LogP contribution in [0.5, 0.6) is 0 Å². The molecule has 3 aromatic rings. The summed E-state index contributed by atoms with van der Waals surface area (Å²) in [6, 6.07) is 18.1. The molecular weight excluding hydrogens is 548 g/mol. The van der Waals surface area contributed by atoms with Crippen LogP contribution in [0.3, 0.4) is 0 Å². The number of carbonyl (C=O) groups is 3. The predicted molar refractivity (Wildman–Crippen MR) is 162 cm³/mol. The van der Waals surface area contributed by atoms with E-state index in [2.05, 4.69) is 37.4 Å². The number of esters is 1. The number of likely N-dealkylation sites (tertiary alicyclic amines) is 1. The molecule has 1 saturated carbocycles. The molecule has 2 fully saturated rings. The molecule has 2 aliphatic heterocycles. The number of ether oxygens (including phenoxy) is 2. The number of piperidine rings is 1. The van der Waals surface area contributed by atoms with E-state index in [-0.39, 0.29) is 42.6 Å². The Morgan fingerprint density at radius 3 is 2.62 bits per heavy atom. The van der Waals surface area contributed by atoms with Gasteiger partial charge in [0, 0.05) is 22.9 Å². The Morgan fingerprint density at radius 2 is 1.90 bits per heavy atom. The van der Waals surface area contributed by atoms with Crippen molar-refractivity contribution in [1.82, 2.24) is 10.2 Å². The summed E-state index contributed by atoms with van der Waals surface area (Å²) in [6.07, 6.45) is 3.43. The smallest absolute Gasteiger partial charge is 0.320 e. The van der Waals surface area contributed by atoms with Gasteiger partial charge in [-0.2, -0.15) is 0 Å². The summed E-state index contributed by atoms with van der Waals surface area (Å²) >= 11 is 1.57.